The molecule has 0 spiro atoms. The van der Waals surface area contributed by atoms with Crippen LogP contribution >= 0.6 is 0 Å². The molecule has 0 N–H and O–H groups in total. The Balaban J connectivity index is 0.000000161. The van der Waals surface area contributed by atoms with Gasteiger partial charge in [-0.2, -0.15) is 0 Å². The Kier molecular flexibility index (Phi) is 9.23. The van der Waals surface area contributed by atoms with Gasteiger partial charge in [0.2, 0.25) is 0 Å². The smallest absolute Gasteiger partial charge is 0.142 e. The molecule has 2 aromatic rings. The minimum atomic E-state index is 0.620. The summed E-state index contributed by atoms with van der Waals surface area (Å²) in [7, 11) is 0. The Labute approximate surface area is 238 Å². The molecule has 4 heterocycles. The number of ether oxygens (including phenoxy) is 4. The second kappa shape index (κ2) is 13.2. The van der Waals surface area contributed by atoms with Gasteiger partial charge in [-0.05, 0) is 24.3 Å². The quantitative estimate of drug-likeness (QED) is 0.443. The van der Waals surface area contributed by atoms with Crippen molar-refractivity contribution in [2.75, 3.05) is 53.1 Å². The van der Waals surface area contributed by atoms with E-state index in [1.54, 1.807) is 0 Å². The van der Waals surface area contributed by atoms with Crippen LogP contribution in [0.1, 0.15) is 22.3 Å². The van der Waals surface area contributed by atoms with E-state index in [-0.39, 0.29) is 0 Å². The van der Waals surface area contributed by atoms with Crippen molar-refractivity contribution in [3.63, 3.8) is 0 Å². The third-order valence-corrected chi connectivity index (χ3v) is 7.30. The molecule has 212 valence electrons. The van der Waals surface area contributed by atoms with Gasteiger partial charge in [0.25, 0.3) is 0 Å². The summed E-state index contributed by atoms with van der Waals surface area (Å²) in [5.41, 5.74) is 4.86. The summed E-state index contributed by atoms with van der Waals surface area (Å²) in [5.74, 6) is 3.92. The van der Waals surface area contributed by atoms with Crippen molar-refractivity contribution in [3.8, 4) is 23.0 Å². The molecule has 0 saturated heterocycles. The Morgan fingerprint density at radius 1 is 0.500 bits per heavy atom. The van der Waals surface area contributed by atoms with Crippen LogP contribution in [0.3, 0.4) is 0 Å². The SMILES string of the molecule is C=CCN1COc2cc3c(cc2C1)OCN(CC=C)C3.C=CCN1COc2ccc3c(c2C1)CN(CC=C)CO3. The minimum Gasteiger partial charge on any atom is -0.478 e. The van der Waals surface area contributed by atoms with E-state index in [0.29, 0.717) is 26.9 Å². The third-order valence-electron chi connectivity index (χ3n) is 7.30. The summed E-state index contributed by atoms with van der Waals surface area (Å²) >= 11 is 0. The van der Waals surface area contributed by atoms with Gasteiger partial charge >= 0.3 is 0 Å². The van der Waals surface area contributed by atoms with Crippen LogP contribution in [0.5, 0.6) is 23.0 Å². The molecule has 0 aliphatic carbocycles. The standard InChI is InChI=1S/2C16H20N2O2/c1-3-7-17-9-13-14-10-18(8-4-2)12-20-16(14)6-5-15(13)19-11-17;1-3-5-17-9-13-7-16-14(8-15(13)19-11-17)10-18(6-4-2)12-20-16/h3-6H,1-2,7-12H2;3-4,7-8H,1-2,5-6,9-12H2. The van der Waals surface area contributed by atoms with E-state index in [9.17, 15) is 0 Å². The van der Waals surface area contributed by atoms with Crippen molar-refractivity contribution in [1.29, 1.82) is 0 Å². The number of benzene rings is 2. The van der Waals surface area contributed by atoms with Crippen LogP contribution in [0.25, 0.3) is 0 Å². The summed E-state index contributed by atoms with van der Waals surface area (Å²) in [6.07, 6.45) is 7.61. The van der Waals surface area contributed by atoms with Crippen LogP contribution in [0.2, 0.25) is 0 Å². The molecular formula is C32H40N4O4. The topological polar surface area (TPSA) is 49.9 Å². The number of fused-ring (bicyclic) bond motifs is 5. The van der Waals surface area contributed by atoms with Crippen molar-refractivity contribution >= 4 is 0 Å². The number of rotatable bonds is 8. The van der Waals surface area contributed by atoms with Crippen LogP contribution in [0.4, 0.5) is 0 Å². The van der Waals surface area contributed by atoms with E-state index in [2.05, 4.69) is 58.0 Å². The molecule has 0 unspecified atom stereocenters. The predicted octanol–water partition coefficient (Wildman–Crippen LogP) is 4.72. The van der Waals surface area contributed by atoms with Crippen molar-refractivity contribution in [2.45, 2.75) is 26.2 Å². The highest BCUT2D eigenvalue weighted by Gasteiger charge is 2.26. The van der Waals surface area contributed by atoms with Crippen molar-refractivity contribution in [2.24, 2.45) is 0 Å². The predicted molar refractivity (Wildman–Crippen MR) is 157 cm³/mol. The summed E-state index contributed by atoms with van der Waals surface area (Å²) < 4.78 is 23.3. The zero-order chi connectivity index (χ0) is 27.9. The second-order valence-corrected chi connectivity index (χ2v) is 10.4. The summed E-state index contributed by atoms with van der Waals surface area (Å²) in [4.78, 5) is 8.85. The van der Waals surface area contributed by atoms with Gasteiger partial charge in [0.05, 0.1) is 0 Å². The maximum Gasteiger partial charge on any atom is 0.142 e. The fourth-order valence-electron chi connectivity index (χ4n) is 5.38. The first-order chi connectivity index (χ1) is 19.6. The van der Waals surface area contributed by atoms with Crippen molar-refractivity contribution in [1.82, 2.24) is 19.6 Å². The van der Waals surface area contributed by atoms with Gasteiger partial charge in [0.15, 0.2) is 0 Å². The van der Waals surface area contributed by atoms with Gasteiger partial charge in [-0.1, -0.05) is 24.3 Å². The fourth-order valence-corrected chi connectivity index (χ4v) is 5.38. The van der Waals surface area contributed by atoms with E-state index < -0.39 is 0 Å². The lowest BCUT2D eigenvalue weighted by atomic mass is 10.0. The highest BCUT2D eigenvalue weighted by molar-refractivity contribution is 5.50. The molecule has 2 aromatic carbocycles. The molecule has 6 rings (SSSR count). The van der Waals surface area contributed by atoms with Gasteiger partial charge < -0.3 is 18.9 Å². The highest BCUT2D eigenvalue weighted by Crippen LogP contribution is 2.37. The van der Waals surface area contributed by atoms with Crippen LogP contribution in [0.15, 0.2) is 74.9 Å². The molecule has 0 saturated carbocycles. The van der Waals surface area contributed by atoms with Gasteiger partial charge in [-0.3, -0.25) is 19.6 Å². The molecule has 0 aromatic heterocycles. The maximum atomic E-state index is 5.83. The van der Waals surface area contributed by atoms with Crippen LogP contribution in [0, 0.1) is 0 Å². The van der Waals surface area contributed by atoms with Gasteiger partial charge in [0, 0.05) is 74.6 Å². The summed E-state index contributed by atoms with van der Waals surface area (Å²) in [6.45, 7) is 24.5. The molecule has 0 bridgehead atoms. The monoisotopic (exact) mass is 544 g/mol. The van der Waals surface area contributed by atoms with E-state index in [4.69, 9.17) is 18.9 Å². The molecule has 0 radical (unpaired) electrons. The molecule has 8 heteroatoms. The Hall–Kier alpha value is -3.56. The van der Waals surface area contributed by atoms with Crippen molar-refractivity contribution in [3.05, 3.63) is 97.1 Å². The Bertz CT molecular complexity index is 1150. The second-order valence-electron chi connectivity index (χ2n) is 10.4. The maximum absolute atomic E-state index is 5.83. The van der Waals surface area contributed by atoms with Gasteiger partial charge in [-0.25, -0.2) is 0 Å². The molecule has 4 aliphatic rings. The molecule has 0 atom stereocenters. The first-order valence-electron chi connectivity index (χ1n) is 13.8. The first kappa shape index (κ1) is 28.0. The minimum absolute atomic E-state index is 0.620. The lowest BCUT2D eigenvalue weighted by molar-refractivity contribution is 0.0903. The largest absolute Gasteiger partial charge is 0.478 e. The highest BCUT2D eigenvalue weighted by atomic mass is 16.5. The molecule has 0 amide bonds. The van der Waals surface area contributed by atoms with E-state index >= 15 is 0 Å². The molecule has 0 fully saturated rings. The summed E-state index contributed by atoms with van der Waals surface area (Å²) in [5, 5.41) is 0. The zero-order valence-electron chi connectivity index (χ0n) is 23.4. The number of hydrogen-bond acceptors (Lipinski definition) is 8. The molecule has 8 nitrogen and oxygen atoms in total. The molecule has 4 aliphatic heterocycles. The van der Waals surface area contributed by atoms with Crippen LogP contribution < -0.4 is 18.9 Å². The lowest BCUT2D eigenvalue weighted by Crippen LogP contribution is -2.36. The fraction of sp³-hybridized carbons (Fsp3) is 0.375. The average Bonchev–Trinajstić information content (AvgIpc) is 2.97. The average molecular weight is 545 g/mol. The first-order valence-corrected chi connectivity index (χ1v) is 13.8. The number of nitrogens with zero attached hydrogens (tertiary/aromatic N) is 4. The Morgan fingerprint density at radius 2 is 0.825 bits per heavy atom. The molecular weight excluding hydrogens is 504 g/mol. The van der Waals surface area contributed by atoms with E-state index in [1.165, 1.54) is 22.3 Å². The van der Waals surface area contributed by atoms with E-state index in [0.717, 1.165) is 75.4 Å². The van der Waals surface area contributed by atoms with Gasteiger partial charge in [0.1, 0.15) is 49.9 Å². The molecule has 40 heavy (non-hydrogen) atoms. The van der Waals surface area contributed by atoms with Crippen molar-refractivity contribution < 1.29 is 18.9 Å². The Morgan fingerprint density at radius 3 is 1.18 bits per heavy atom. The number of hydrogen-bond donors (Lipinski definition) is 0. The van der Waals surface area contributed by atoms with Crippen LogP contribution in [-0.4, -0.2) is 72.7 Å². The lowest BCUT2D eigenvalue weighted by Gasteiger charge is -2.34. The van der Waals surface area contributed by atoms with Crippen LogP contribution in [-0.2, 0) is 26.2 Å². The van der Waals surface area contributed by atoms with E-state index in [1.807, 2.05) is 36.4 Å². The normalized spacial score (nSPS) is 18.4. The third kappa shape index (κ3) is 6.42. The van der Waals surface area contributed by atoms with Gasteiger partial charge in [-0.15, -0.1) is 26.3 Å². The summed E-state index contributed by atoms with van der Waals surface area (Å²) in [6, 6.07) is 8.27. The zero-order valence-corrected chi connectivity index (χ0v) is 23.4.